The van der Waals surface area contributed by atoms with Gasteiger partial charge >= 0.3 is 5.69 Å². The van der Waals surface area contributed by atoms with Crippen molar-refractivity contribution in [2.45, 2.75) is 25.5 Å². The Labute approximate surface area is 183 Å². The lowest BCUT2D eigenvalue weighted by Gasteiger charge is -2.18. The van der Waals surface area contributed by atoms with Crippen molar-refractivity contribution in [2.24, 2.45) is 0 Å². The summed E-state index contributed by atoms with van der Waals surface area (Å²) in [5.74, 6) is 0.419. The largest absolute Gasteiger partial charge is 0.496 e. The minimum Gasteiger partial charge on any atom is -0.496 e. The minimum absolute atomic E-state index is 0.00812. The number of nitro groups is 1. The van der Waals surface area contributed by atoms with Crippen molar-refractivity contribution in [2.75, 3.05) is 20.3 Å². The lowest BCUT2D eigenvalue weighted by molar-refractivity contribution is -0.385. The van der Waals surface area contributed by atoms with Crippen molar-refractivity contribution in [1.82, 2.24) is 20.0 Å². The highest BCUT2D eigenvalue weighted by Gasteiger charge is 2.33. The van der Waals surface area contributed by atoms with E-state index in [0.717, 1.165) is 24.0 Å². The average molecular weight is 443 g/mol. The van der Waals surface area contributed by atoms with E-state index in [2.05, 4.69) is 10.4 Å². The maximum absolute atomic E-state index is 12.8. The first-order valence-corrected chi connectivity index (χ1v) is 10.2. The van der Waals surface area contributed by atoms with Crippen molar-refractivity contribution in [3.05, 3.63) is 57.5 Å². The highest BCUT2D eigenvalue weighted by molar-refractivity contribution is 7.80. The van der Waals surface area contributed by atoms with E-state index in [4.69, 9.17) is 21.7 Å². The standard InChI is InChI=1S/C20H21N5O5S/c1-29-18-5-4-13(7-14(18)10-23-11-15(9-21-23)25(27)28)8-17-19(26)24(20(31)22-17)12-16-3-2-6-30-16/h4-5,7-9,11,16H,2-3,6,10,12H2,1H3,(H,22,31)/b17-8-/t16-/m1/s1. The van der Waals surface area contributed by atoms with Crippen LogP contribution in [0.3, 0.4) is 0 Å². The molecule has 0 radical (unpaired) electrons. The number of aromatic nitrogens is 2. The normalized spacial score (nSPS) is 19.8. The Morgan fingerprint density at radius 1 is 1.48 bits per heavy atom. The second kappa shape index (κ2) is 8.82. The van der Waals surface area contributed by atoms with E-state index in [1.54, 1.807) is 19.3 Å². The molecule has 0 spiro atoms. The average Bonchev–Trinajstić information content (AvgIpc) is 3.47. The maximum atomic E-state index is 12.8. The summed E-state index contributed by atoms with van der Waals surface area (Å²) in [5, 5.41) is 18.3. The summed E-state index contributed by atoms with van der Waals surface area (Å²) < 4.78 is 12.5. The fraction of sp³-hybridized carbons (Fsp3) is 0.350. The number of hydrogen-bond donors (Lipinski definition) is 1. The Morgan fingerprint density at radius 2 is 2.32 bits per heavy atom. The second-order valence-electron chi connectivity index (χ2n) is 7.26. The molecule has 2 aliphatic rings. The molecule has 1 aromatic carbocycles. The Balaban J connectivity index is 1.54. The smallest absolute Gasteiger partial charge is 0.307 e. The summed E-state index contributed by atoms with van der Waals surface area (Å²) in [6.07, 6.45) is 6.19. The maximum Gasteiger partial charge on any atom is 0.307 e. The molecule has 2 aromatic rings. The lowest BCUT2D eigenvalue weighted by Crippen LogP contribution is -2.37. The predicted molar refractivity (Wildman–Crippen MR) is 115 cm³/mol. The van der Waals surface area contributed by atoms with Gasteiger partial charge in [-0.1, -0.05) is 6.07 Å². The zero-order chi connectivity index (χ0) is 22.0. The molecule has 162 valence electrons. The van der Waals surface area contributed by atoms with Gasteiger partial charge in [0, 0.05) is 12.2 Å². The summed E-state index contributed by atoms with van der Waals surface area (Å²) in [6, 6.07) is 5.45. The van der Waals surface area contributed by atoms with Crippen LogP contribution in [0.15, 0.2) is 36.3 Å². The summed E-state index contributed by atoms with van der Waals surface area (Å²) in [7, 11) is 1.55. The molecule has 1 N–H and O–H groups in total. The third-order valence-electron chi connectivity index (χ3n) is 5.15. The molecule has 4 rings (SSSR count). The van der Waals surface area contributed by atoms with Crippen LogP contribution in [0.2, 0.25) is 0 Å². The summed E-state index contributed by atoms with van der Waals surface area (Å²) in [4.78, 5) is 24.7. The van der Waals surface area contributed by atoms with Crippen molar-refractivity contribution < 1.29 is 19.2 Å². The number of carbonyl (C=O) groups excluding carboxylic acids is 1. The molecule has 0 saturated carbocycles. The van der Waals surface area contributed by atoms with Crippen molar-refractivity contribution in [3.8, 4) is 5.75 Å². The first-order chi connectivity index (χ1) is 14.9. The quantitative estimate of drug-likeness (QED) is 0.300. The molecule has 10 nitrogen and oxygen atoms in total. The molecule has 1 amide bonds. The van der Waals surface area contributed by atoms with Gasteiger partial charge in [-0.25, -0.2) is 0 Å². The molecule has 0 unspecified atom stereocenters. The zero-order valence-corrected chi connectivity index (χ0v) is 17.6. The number of hydrogen-bond acceptors (Lipinski definition) is 7. The number of rotatable bonds is 7. The van der Waals surface area contributed by atoms with Gasteiger partial charge in [0.25, 0.3) is 5.91 Å². The fourth-order valence-corrected chi connectivity index (χ4v) is 3.88. The van der Waals surface area contributed by atoms with Crippen LogP contribution in [-0.4, -0.2) is 57.0 Å². The highest BCUT2D eigenvalue weighted by atomic mass is 32.1. The van der Waals surface area contributed by atoms with E-state index in [0.29, 0.717) is 29.7 Å². The van der Waals surface area contributed by atoms with Gasteiger partial charge in [0.05, 0.1) is 31.2 Å². The van der Waals surface area contributed by atoms with Gasteiger partial charge in [-0.15, -0.1) is 0 Å². The minimum atomic E-state index is -0.496. The van der Waals surface area contributed by atoms with Gasteiger partial charge in [-0.05, 0) is 48.8 Å². The predicted octanol–water partition coefficient (Wildman–Crippen LogP) is 2.08. The molecular formula is C20H21N5O5S. The topological polar surface area (TPSA) is 112 Å². The number of methoxy groups -OCH3 is 1. The van der Waals surface area contributed by atoms with Gasteiger partial charge in [0.15, 0.2) is 5.11 Å². The highest BCUT2D eigenvalue weighted by Crippen LogP contribution is 2.24. The molecule has 31 heavy (non-hydrogen) atoms. The molecule has 11 heteroatoms. The molecule has 2 aliphatic heterocycles. The van der Waals surface area contributed by atoms with Crippen LogP contribution in [-0.2, 0) is 16.1 Å². The Bertz CT molecular complexity index is 1060. The summed E-state index contributed by atoms with van der Waals surface area (Å²) in [6.45, 7) is 1.43. The van der Waals surface area contributed by atoms with Crippen LogP contribution in [0, 0.1) is 10.1 Å². The molecule has 0 bridgehead atoms. The van der Waals surface area contributed by atoms with E-state index in [1.807, 2.05) is 12.1 Å². The summed E-state index contributed by atoms with van der Waals surface area (Å²) >= 11 is 5.33. The lowest BCUT2D eigenvalue weighted by atomic mass is 10.1. The molecule has 0 aliphatic carbocycles. The molecular weight excluding hydrogens is 422 g/mol. The van der Waals surface area contributed by atoms with Gasteiger partial charge in [-0.2, -0.15) is 5.10 Å². The third-order valence-corrected chi connectivity index (χ3v) is 5.47. The van der Waals surface area contributed by atoms with Crippen molar-refractivity contribution in [3.63, 3.8) is 0 Å². The number of carbonyl (C=O) groups is 1. The van der Waals surface area contributed by atoms with E-state index >= 15 is 0 Å². The number of thiocarbonyl (C=S) groups is 1. The van der Waals surface area contributed by atoms with Gasteiger partial charge in [0.1, 0.15) is 23.8 Å². The molecule has 1 aromatic heterocycles. The van der Waals surface area contributed by atoms with Crippen LogP contribution in [0.25, 0.3) is 6.08 Å². The van der Waals surface area contributed by atoms with Crippen LogP contribution in [0.4, 0.5) is 5.69 Å². The van der Waals surface area contributed by atoms with E-state index in [-0.39, 0.29) is 24.2 Å². The number of benzene rings is 1. The fourth-order valence-electron chi connectivity index (χ4n) is 3.62. The van der Waals surface area contributed by atoms with Gasteiger partial charge in [-0.3, -0.25) is 24.5 Å². The van der Waals surface area contributed by atoms with Crippen LogP contribution in [0.5, 0.6) is 5.75 Å². The van der Waals surface area contributed by atoms with Gasteiger partial charge in [0.2, 0.25) is 0 Å². The van der Waals surface area contributed by atoms with Crippen LogP contribution >= 0.6 is 12.2 Å². The molecule has 2 fully saturated rings. The zero-order valence-electron chi connectivity index (χ0n) is 16.8. The molecule has 3 heterocycles. The molecule has 2 saturated heterocycles. The van der Waals surface area contributed by atoms with Gasteiger partial charge < -0.3 is 14.8 Å². The van der Waals surface area contributed by atoms with Crippen LogP contribution < -0.4 is 10.1 Å². The summed E-state index contributed by atoms with van der Waals surface area (Å²) in [5.41, 5.74) is 1.82. The van der Waals surface area contributed by atoms with Crippen molar-refractivity contribution >= 4 is 35.0 Å². The van der Waals surface area contributed by atoms with E-state index in [1.165, 1.54) is 22.0 Å². The monoisotopic (exact) mass is 443 g/mol. The number of amides is 1. The number of ether oxygens (including phenoxy) is 2. The Kier molecular flexibility index (Phi) is 5.96. The second-order valence-corrected chi connectivity index (χ2v) is 7.65. The third kappa shape index (κ3) is 4.57. The Hall–Kier alpha value is -3.31. The van der Waals surface area contributed by atoms with E-state index in [9.17, 15) is 14.9 Å². The first-order valence-electron chi connectivity index (χ1n) is 9.74. The van der Waals surface area contributed by atoms with E-state index < -0.39 is 4.92 Å². The Morgan fingerprint density at radius 3 is 3.00 bits per heavy atom. The van der Waals surface area contributed by atoms with Crippen LogP contribution in [0.1, 0.15) is 24.0 Å². The van der Waals surface area contributed by atoms with Crippen molar-refractivity contribution in [1.29, 1.82) is 0 Å². The number of nitrogens with zero attached hydrogens (tertiary/aromatic N) is 4. The number of nitrogens with one attached hydrogen (secondary N) is 1. The first kappa shape index (κ1) is 20.9. The molecule has 1 atom stereocenters. The SMILES string of the molecule is COc1ccc(/C=C2\NC(=S)N(C[C@H]3CCCO3)C2=O)cc1Cn1cc([N+](=O)[O-])cn1.